The summed E-state index contributed by atoms with van der Waals surface area (Å²) < 4.78 is 16.6. The fourth-order valence-electron chi connectivity index (χ4n) is 2.56. The number of anilines is 2. The van der Waals surface area contributed by atoms with Crippen LogP contribution in [0.4, 0.5) is 11.8 Å². The maximum Gasteiger partial charge on any atom is 0.225 e. The minimum absolute atomic E-state index is 0.379. The third kappa shape index (κ3) is 3.60. The lowest BCUT2D eigenvalue weighted by Gasteiger charge is -2.12. The summed E-state index contributed by atoms with van der Waals surface area (Å²) in [7, 11) is 4.81. The molecule has 2 aromatic carbocycles. The highest BCUT2D eigenvalue weighted by Gasteiger charge is 2.11. The van der Waals surface area contributed by atoms with Crippen LogP contribution in [0.3, 0.4) is 0 Å². The van der Waals surface area contributed by atoms with Gasteiger partial charge in [-0.25, -0.2) is 4.98 Å². The Labute approximate surface area is 159 Å². The molecule has 0 aliphatic carbocycles. The molecule has 7 nitrogen and oxygen atoms in total. The van der Waals surface area contributed by atoms with Gasteiger partial charge < -0.3 is 25.3 Å². The fraction of sp³-hybridized carbons (Fsp3) is 0.222. The summed E-state index contributed by atoms with van der Waals surface area (Å²) in [5, 5.41) is 3.92. The zero-order chi connectivity index (χ0) is 18.7. The van der Waals surface area contributed by atoms with E-state index < -0.39 is 0 Å². The number of nitrogens with zero attached hydrogens (tertiary/aromatic N) is 2. The first-order valence-corrected chi connectivity index (χ1v) is 8.60. The number of benzene rings is 2. The first kappa shape index (κ1) is 18.1. The van der Waals surface area contributed by atoms with Gasteiger partial charge in [-0.3, -0.25) is 0 Å². The number of aromatic nitrogens is 2. The normalized spacial score (nSPS) is 10.6. The van der Waals surface area contributed by atoms with Crippen LogP contribution < -0.4 is 25.3 Å². The van der Waals surface area contributed by atoms with Crippen LogP contribution in [0.2, 0.25) is 0 Å². The van der Waals surface area contributed by atoms with Crippen LogP contribution in [-0.2, 0) is 6.54 Å². The molecule has 0 bridgehead atoms. The molecule has 0 amide bonds. The molecule has 3 N–H and O–H groups in total. The number of hydrogen-bond donors (Lipinski definition) is 2. The SMILES string of the molecule is COc1cc(Br)c2nc(NCc3ccc(OC)c(OC)c3)nc(N)c2c1. The third-order valence-electron chi connectivity index (χ3n) is 3.89. The predicted octanol–water partition coefficient (Wildman–Crippen LogP) is 3.61. The summed E-state index contributed by atoms with van der Waals surface area (Å²) in [6.45, 7) is 0.513. The molecule has 26 heavy (non-hydrogen) atoms. The van der Waals surface area contributed by atoms with Crippen LogP contribution in [0, 0.1) is 0 Å². The van der Waals surface area contributed by atoms with Gasteiger partial charge in [-0.1, -0.05) is 6.07 Å². The van der Waals surface area contributed by atoms with Gasteiger partial charge in [0, 0.05) is 16.4 Å². The number of nitrogens with one attached hydrogen (secondary N) is 1. The number of methoxy groups -OCH3 is 3. The monoisotopic (exact) mass is 418 g/mol. The number of halogens is 1. The Kier molecular flexibility index (Phi) is 5.32. The Morgan fingerprint density at radius 2 is 1.77 bits per heavy atom. The Bertz CT molecular complexity index is 949. The first-order valence-electron chi connectivity index (χ1n) is 7.81. The average Bonchev–Trinajstić information content (AvgIpc) is 2.66. The van der Waals surface area contributed by atoms with E-state index >= 15 is 0 Å². The summed E-state index contributed by atoms with van der Waals surface area (Å²) in [6, 6.07) is 9.35. The van der Waals surface area contributed by atoms with Gasteiger partial charge in [-0.2, -0.15) is 4.98 Å². The van der Waals surface area contributed by atoms with Gasteiger partial charge in [-0.15, -0.1) is 0 Å². The lowest BCUT2D eigenvalue weighted by molar-refractivity contribution is 0.354. The highest BCUT2D eigenvalue weighted by molar-refractivity contribution is 9.10. The molecule has 0 atom stereocenters. The Balaban J connectivity index is 1.86. The molecule has 0 radical (unpaired) electrons. The van der Waals surface area contributed by atoms with E-state index in [4.69, 9.17) is 19.9 Å². The van der Waals surface area contributed by atoms with E-state index in [0.717, 1.165) is 15.4 Å². The van der Waals surface area contributed by atoms with Crippen LogP contribution in [0.1, 0.15) is 5.56 Å². The van der Waals surface area contributed by atoms with Crippen molar-refractivity contribution in [1.29, 1.82) is 0 Å². The average molecular weight is 419 g/mol. The molecule has 8 heteroatoms. The van der Waals surface area contributed by atoms with Crippen molar-refractivity contribution >= 4 is 38.6 Å². The van der Waals surface area contributed by atoms with E-state index in [1.165, 1.54) is 0 Å². The Morgan fingerprint density at radius 1 is 1.00 bits per heavy atom. The summed E-state index contributed by atoms with van der Waals surface area (Å²) in [6.07, 6.45) is 0. The molecule has 0 unspecified atom stereocenters. The standard InChI is InChI=1S/C18H19BrN4O3/c1-24-11-7-12-16(13(19)8-11)22-18(23-17(12)20)21-9-10-4-5-14(25-2)15(6-10)26-3/h4-8H,9H2,1-3H3,(H3,20,21,22,23). The van der Waals surface area contributed by atoms with Gasteiger partial charge in [0.15, 0.2) is 11.5 Å². The van der Waals surface area contributed by atoms with Gasteiger partial charge in [0.1, 0.15) is 11.6 Å². The molecule has 0 aliphatic rings. The molecule has 136 valence electrons. The number of hydrogen-bond acceptors (Lipinski definition) is 7. The molecular formula is C18H19BrN4O3. The largest absolute Gasteiger partial charge is 0.497 e. The molecule has 1 aromatic heterocycles. The third-order valence-corrected chi connectivity index (χ3v) is 4.50. The van der Waals surface area contributed by atoms with E-state index in [2.05, 4.69) is 31.2 Å². The van der Waals surface area contributed by atoms with E-state index in [-0.39, 0.29) is 0 Å². The summed E-state index contributed by atoms with van der Waals surface area (Å²) in [4.78, 5) is 8.87. The van der Waals surface area contributed by atoms with Crippen molar-refractivity contribution in [3.8, 4) is 17.2 Å². The fourth-order valence-corrected chi connectivity index (χ4v) is 3.08. The minimum Gasteiger partial charge on any atom is -0.497 e. The number of fused-ring (bicyclic) bond motifs is 1. The first-order chi connectivity index (χ1) is 12.5. The van der Waals surface area contributed by atoms with Crippen LogP contribution in [0.25, 0.3) is 10.9 Å². The van der Waals surface area contributed by atoms with Crippen molar-refractivity contribution in [2.75, 3.05) is 32.4 Å². The minimum atomic E-state index is 0.379. The van der Waals surface area contributed by atoms with Gasteiger partial charge in [0.2, 0.25) is 5.95 Å². The second-order valence-electron chi connectivity index (χ2n) is 5.48. The van der Waals surface area contributed by atoms with Gasteiger partial charge >= 0.3 is 0 Å². The van der Waals surface area contributed by atoms with E-state index in [9.17, 15) is 0 Å². The second-order valence-corrected chi connectivity index (χ2v) is 6.34. The lowest BCUT2D eigenvalue weighted by Crippen LogP contribution is -2.06. The maximum atomic E-state index is 6.10. The van der Waals surface area contributed by atoms with Crippen LogP contribution in [-0.4, -0.2) is 31.3 Å². The quantitative estimate of drug-likeness (QED) is 0.631. The van der Waals surface area contributed by atoms with Crippen LogP contribution in [0.5, 0.6) is 17.2 Å². The van der Waals surface area contributed by atoms with Gasteiger partial charge in [-0.05, 0) is 45.8 Å². The van der Waals surface area contributed by atoms with E-state index in [1.807, 2.05) is 30.3 Å². The molecule has 0 fully saturated rings. The summed E-state index contributed by atoms with van der Waals surface area (Å²) in [5.41, 5.74) is 7.81. The van der Waals surface area contributed by atoms with Gasteiger partial charge in [0.05, 0.1) is 26.8 Å². The van der Waals surface area contributed by atoms with Crippen molar-refractivity contribution in [2.45, 2.75) is 6.54 Å². The molecule has 3 aromatic rings. The van der Waals surface area contributed by atoms with Crippen LogP contribution in [0.15, 0.2) is 34.8 Å². The highest BCUT2D eigenvalue weighted by atomic mass is 79.9. The molecule has 3 rings (SSSR count). The second kappa shape index (κ2) is 7.65. The van der Waals surface area contributed by atoms with Crippen LogP contribution >= 0.6 is 15.9 Å². The number of nitrogens with two attached hydrogens (primary N) is 1. The zero-order valence-electron chi connectivity index (χ0n) is 14.7. The molecule has 1 heterocycles. The summed E-state index contributed by atoms with van der Waals surface area (Å²) >= 11 is 3.50. The molecule has 0 spiro atoms. The van der Waals surface area contributed by atoms with E-state index in [1.54, 1.807) is 21.3 Å². The van der Waals surface area contributed by atoms with E-state index in [0.29, 0.717) is 41.1 Å². The zero-order valence-corrected chi connectivity index (χ0v) is 16.3. The van der Waals surface area contributed by atoms with Crippen molar-refractivity contribution in [3.63, 3.8) is 0 Å². The van der Waals surface area contributed by atoms with Crippen molar-refractivity contribution in [2.24, 2.45) is 0 Å². The topological polar surface area (TPSA) is 91.5 Å². The number of nitrogen functional groups attached to an aromatic ring is 1. The number of ether oxygens (including phenoxy) is 3. The molecule has 0 saturated carbocycles. The summed E-state index contributed by atoms with van der Waals surface area (Å²) in [5.74, 6) is 2.85. The molecular weight excluding hydrogens is 400 g/mol. The number of rotatable bonds is 6. The Hall–Kier alpha value is -2.74. The van der Waals surface area contributed by atoms with Crippen molar-refractivity contribution in [3.05, 3.63) is 40.4 Å². The Morgan fingerprint density at radius 3 is 2.46 bits per heavy atom. The molecule has 0 aliphatic heterocycles. The maximum absolute atomic E-state index is 6.10. The molecule has 0 saturated heterocycles. The van der Waals surface area contributed by atoms with Crippen molar-refractivity contribution in [1.82, 2.24) is 9.97 Å². The van der Waals surface area contributed by atoms with Crippen molar-refractivity contribution < 1.29 is 14.2 Å². The predicted molar refractivity (Wildman–Crippen MR) is 105 cm³/mol. The van der Waals surface area contributed by atoms with Gasteiger partial charge in [0.25, 0.3) is 0 Å². The smallest absolute Gasteiger partial charge is 0.225 e. The highest BCUT2D eigenvalue weighted by Crippen LogP contribution is 2.32. The lowest BCUT2D eigenvalue weighted by atomic mass is 10.2.